The van der Waals surface area contributed by atoms with E-state index in [0.29, 0.717) is 10.6 Å². The van der Waals surface area contributed by atoms with Gasteiger partial charge in [-0.05, 0) is 42.5 Å². The van der Waals surface area contributed by atoms with Gasteiger partial charge in [0.2, 0.25) is 4.77 Å². The molecule has 24 heavy (non-hydrogen) atoms. The molecule has 1 aromatic heterocycles. The summed E-state index contributed by atoms with van der Waals surface area (Å²) < 4.78 is 3.05. The summed E-state index contributed by atoms with van der Waals surface area (Å²) in [5.41, 5.74) is 3.03. The monoisotopic (exact) mass is 401 g/mol. The highest BCUT2D eigenvalue weighted by atomic mass is 79.9. The van der Waals surface area contributed by atoms with Crippen molar-refractivity contribution in [2.24, 2.45) is 5.10 Å². The third kappa shape index (κ3) is 3.47. The molecule has 1 heterocycles. The van der Waals surface area contributed by atoms with Crippen molar-refractivity contribution >= 4 is 40.0 Å². The highest BCUT2D eigenvalue weighted by molar-refractivity contribution is 9.10. The SMILES string of the molecule is CN(C)c1ccc(-c2n[nH]c(=S)n2/N=C/c2ccccc2Br)cc1. The standard InChI is InChI=1S/C17H16BrN5S/c1-22(2)14-9-7-12(8-10-14)16-20-21-17(24)23(16)19-11-13-5-3-4-6-15(13)18/h3-11H,1-2H3,(H,21,24)/b19-11+. The second-order valence-electron chi connectivity index (χ2n) is 5.37. The average Bonchev–Trinajstić information content (AvgIpc) is 2.95. The molecular weight excluding hydrogens is 386 g/mol. The lowest BCUT2D eigenvalue weighted by atomic mass is 10.2. The van der Waals surface area contributed by atoms with E-state index in [-0.39, 0.29) is 0 Å². The van der Waals surface area contributed by atoms with E-state index in [2.05, 4.69) is 31.2 Å². The van der Waals surface area contributed by atoms with E-state index in [1.54, 1.807) is 10.9 Å². The molecule has 3 aromatic rings. The maximum absolute atomic E-state index is 5.30. The Morgan fingerprint density at radius 3 is 2.54 bits per heavy atom. The molecule has 5 nitrogen and oxygen atoms in total. The van der Waals surface area contributed by atoms with Crippen molar-refractivity contribution < 1.29 is 0 Å². The lowest BCUT2D eigenvalue weighted by molar-refractivity contribution is 0.871. The summed E-state index contributed by atoms with van der Waals surface area (Å²) in [6, 6.07) is 15.9. The quantitative estimate of drug-likeness (QED) is 0.523. The molecule has 122 valence electrons. The predicted molar refractivity (Wildman–Crippen MR) is 104 cm³/mol. The van der Waals surface area contributed by atoms with Crippen molar-refractivity contribution in [3.8, 4) is 11.4 Å². The van der Waals surface area contributed by atoms with Crippen LogP contribution in [0.2, 0.25) is 0 Å². The molecule has 0 saturated carbocycles. The fraction of sp³-hybridized carbons (Fsp3) is 0.118. The molecule has 0 atom stereocenters. The van der Waals surface area contributed by atoms with Crippen LogP contribution < -0.4 is 4.90 Å². The van der Waals surface area contributed by atoms with Gasteiger partial charge in [0.05, 0.1) is 6.21 Å². The van der Waals surface area contributed by atoms with Gasteiger partial charge in [-0.1, -0.05) is 34.1 Å². The normalized spacial score (nSPS) is 11.1. The molecule has 0 unspecified atom stereocenters. The number of aromatic amines is 1. The van der Waals surface area contributed by atoms with Crippen molar-refractivity contribution in [1.29, 1.82) is 0 Å². The number of hydrogen-bond donors (Lipinski definition) is 1. The van der Waals surface area contributed by atoms with Gasteiger partial charge in [0, 0.05) is 35.4 Å². The van der Waals surface area contributed by atoms with Crippen molar-refractivity contribution in [1.82, 2.24) is 14.9 Å². The summed E-state index contributed by atoms with van der Waals surface area (Å²) in [5, 5.41) is 11.6. The summed E-state index contributed by atoms with van der Waals surface area (Å²) in [6.07, 6.45) is 1.76. The first-order valence-corrected chi connectivity index (χ1v) is 8.50. The summed E-state index contributed by atoms with van der Waals surface area (Å²) >= 11 is 8.81. The van der Waals surface area contributed by atoms with Crippen LogP contribution in [0.5, 0.6) is 0 Å². The van der Waals surface area contributed by atoms with Crippen molar-refractivity contribution in [3.05, 3.63) is 63.3 Å². The van der Waals surface area contributed by atoms with Gasteiger partial charge in [-0.25, -0.2) is 5.10 Å². The van der Waals surface area contributed by atoms with E-state index in [0.717, 1.165) is 21.3 Å². The summed E-state index contributed by atoms with van der Waals surface area (Å²) in [5.74, 6) is 0.675. The Hall–Kier alpha value is -2.25. The minimum absolute atomic E-state index is 0.449. The Balaban J connectivity index is 1.97. The van der Waals surface area contributed by atoms with Gasteiger partial charge in [-0.15, -0.1) is 0 Å². The molecule has 2 aromatic carbocycles. The van der Waals surface area contributed by atoms with Crippen molar-refractivity contribution in [2.75, 3.05) is 19.0 Å². The molecule has 0 radical (unpaired) electrons. The number of aromatic nitrogens is 3. The molecule has 0 aliphatic carbocycles. The zero-order chi connectivity index (χ0) is 17.1. The van der Waals surface area contributed by atoms with Crippen LogP contribution in [0.3, 0.4) is 0 Å². The predicted octanol–water partition coefficient (Wildman–Crippen LogP) is 4.32. The molecule has 0 amide bonds. The number of halogens is 1. The van der Waals surface area contributed by atoms with Crippen LogP contribution in [0.25, 0.3) is 11.4 Å². The first kappa shape index (κ1) is 16.6. The van der Waals surface area contributed by atoms with Gasteiger partial charge in [0.15, 0.2) is 5.82 Å². The molecule has 0 fully saturated rings. The number of nitrogens with one attached hydrogen (secondary N) is 1. The molecule has 0 saturated heterocycles. The Bertz CT molecular complexity index is 925. The van der Waals surface area contributed by atoms with E-state index in [9.17, 15) is 0 Å². The molecule has 0 aliphatic heterocycles. The highest BCUT2D eigenvalue weighted by Gasteiger charge is 2.08. The molecule has 0 spiro atoms. The van der Waals surface area contributed by atoms with Crippen LogP contribution in [0.1, 0.15) is 5.56 Å². The largest absolute Gasteiger partial charge is 0.378 e. The Morgan fingerprint density at radius 2 is 1.88 bits per heavy atom. The number of H-pyrrole nitrogens is 1. The van der Waals surface area contributed by atoms with Gasteiger partial charge < -0.3 is 4.90 Å². The van der Waals surface area contributed by atoms with Gasteiger partial charge in [0.25, 0.3) is 0 Å². The van der Waals surface area contributed by atoms with Crippen LogP contribution in [-0.2, 0) is 0 Å². The first-order valence-electron chi connectivity index (χ1n) is 7.30. The van der Waals surface area contributed by atoms with Gasteiger partial charge >= 0.3 is 0 Å². The van der Waals surface area contributed by atoms with Crippen LogP contribution in [0, 0.1) is 4.77 Å². The van der Waals surface area contributed by atoms with E-state index in [4.69, 9.17) is 12.2 Å². The highest BCUT2D eigenvalue weighted by Crippen LogP contribution is 2.21. The third-order valence-corrected chi connectivity index (χ3v) is 4.50. The van der Waals surface area contributed by atoms with Gasteiger partial charge in [0.1, 0.15) is 0 Å². The summed E-state index contributed by atoms with van der Waals surface area (Å²) in [6.45, 7) is 0. The Kier molecular flexibility index (Phi) is 4.92. The minimum atomic E-state index is 0.449. The van der Waals surface area contributed by atoms with Crippen molar-refractivity contribution in [2.45, 2.75) is 0 Å². The summed E-state index contributed by atoms with van der Waals surface area (Å²) in [7, 11) is 4.01. The van der Waals surface area contributed by atoms with E-state index < -0.39 is 0 Å². The topological polar surface area (TPSA) is 49.2 Å². The van der Waals surface area contributed by atoms with E-state index in [1.807, 2.05) is 67.5 Å². The molecular formula is C17H16BrN5S. The molecule has 0 bridgehead atoms. The van der Waals surface area contributed by atoms with Crippen LogP contribution >= 0.6 is 28.1 Å². The number of hydrogen-bond acceptors (Lipinski definition) is 4. The van der Waals surface area contributed by atoms with Crippen LogP contribution in [0.15, 0.2) is 58.1 Å². The lowest BCUT2D eigenvalue weighted by Gasteiger charge is -2.12. The fourth-order valence-corrected chi connectivity index (χ4v) is 2.76. The second kappa shape index (κ2) is 7.11. The maximum Gasteiger partial charge on any atom is 0.216 e. The maximum atomic E-state index is 5.30. The number of nitrogens with zero attached hydrogens (tertiary/aromatic N) is 4. The summed E-state index contributed by atoms with van der Waals surface area (Å²) in [4.78, 5) is 2.05. The third-order valence-electron chi connectivity index (χ3n) is 3.51. The van der Waals surface area contributed by atoms with Crippen molar-refractivity contribution in [3.63, 3.8) is 0 Å². The lowest BCUT2D eigenvalue weighted by Crippen LogP contribution is -2.08. The zero-order valence-electron chi connectivity index (χ0n) is 13.3. The Labute approximate surface area is 153 Å². The Morgan fingerprint density at radius 1 is 1.17 bits per heavy atom. The fourth-order valence-electron chi connectivity index (χ4n) is 2.19. The van der Waals surface area contributed by atoms with Gasteiger partial charge in [-0.3, -0.25) is 0 Å². The molecule has 7 heteroatoms. The number of anilines is 1. The molecule has 3 rings (SSSR count). The zero-order valence-corrected chi connectivity index (χ0v) is 15.7. The minimum Gasteiger partial charge on any atom is -0.378 e. The molecule has 1 N–H and O–H groups in total. The molecule has 0 aliphatic rings. The average molecular weight is 402 g/mol. The number of rotatable bonds is 4. The first-order chi connectivity index (χ1) is 11.6. The number of benzene rings is 2. The van der Waals surface area contributed by atoms with Crippen LogP contribution in [-0.4, -0.2) is 35.2 Å². The van der Waals surface area contributed by atoms with E-state index >= 15 is 0 Å². The van der Waals surface area contributed by atoms with E-state index in [1.165, 1.54) is 0 Å². The van der Waals surface area contributed by atoms with Crippen LogP contribution in [0.4, 0.5) is 5.69 Å². The van der Waals surface area contributed by atoms with Gasteiger partial charge in [-0.2, -0.15) is 14.9 Å². The smallest absolute Gasteiger partial charge is 0.216 e. The second-order valence-corrected chi connectivity index (χ2v) is 6.61.